The number of hydrogen-bond donors (Lipinski definition) is 0. The van der Waals surface area contributed by atoms with E-state index in [9.17, 15) is 0 Å². The summed E-state index contributed by atoms with van der Waals surface area (Å²) >= 11 is 10.6. The molecule has 0 radical (unpaired) electrons. The second-order valence-electron chi connectivity index (χ2n) is 5.90. The van der Waals surface area contributed by atoms with Gasteiger partial charge < -0.3 is 9.15 Å². The molecule has 2 heterocycles. The van der Waals surface area contributed by atoms with Crippen molar-refractivity contribution in [1.82, 2.24) is 4.90 Å². The van der Waals surface area contributed by atoms with Gasteiger partial charge in [0.2, 0.25) is 0 Å². The van der Waals surface area contributed by atoms with Crippen LogP contribution in [0.1, 0.15) is 29.4 Å². The maximum Gasteiger partial charge on any atom is 0.270 e. The van der Waals surface area contributed by atoms with Crippen LogP contribution in [0.15, 0.2) is 34.4 Å². The molecule has 124 valence electrons. The lowest BCUT2D eigenvalue weighted by Gasteiger charge is -2.09. The highest BCUT2D eigenvalue weighted by atomic mass is 32.1. The third-order valence-corrected chi connectivity index (χ3v) is 4.74. The van der Waals surface area contributed by atoms with Crippen molar-refractivity contribution in [1.29, 1.82) is 0 Å². The van der Waals surface area contributed by atoms with Gasteiger partial charge >= 0.3 is 0 Å². The van der Waals surface area contributed by atoms with Crippen LogP contribution in [-0.4, -0.2) is 21.6 Å². The molecule has 0 N–H and O–H groups in total. The van der Waals surface area contributed by atoms with E-state index >= 15 is 0 Å². The Balaban J connectivity index is 1.94. The number of thiocarbonyl (C=S) groups is 2. The number of furan rings is 1. The minimum atomic E-state index is 0.394. The highest BCUT2D eigenvalue weighted by Crippen LogP contribution is 2.31. The Labute approximate surface area is 152 Å². The highest BCUT2D eigenvalue weighted by Gasteiger charge is 2.28. The van der Waals surface area contributed by atoms with Gasteiger partial charge in [-0.15, -0.1) is 0 Å². The van der Waals surface area contributed by atoms with Crippen molar-refractivity contribution < 1.29 is 9.15 Å². The molecule has 0 spiro atoms. The lowest BCUT2D eigenvalue weighted by Crippen LogP contribution is -2.26. The van der Waals surface area contributed by atoms with Gasteiger partial charge in [-0.1, -0.05) is 29.9 Å². The first-order valence-electron chi connectivity index (χ1n) is 7.84. The molecule has 24 heavy (non-hydrogen) atoms. The van der Waals surface area contributed by atoms with Crippen molar-refractivity contribution in [2.75, 3.05) is 6.54 Å². The molecule has 0 bridgehead atoms. The number of likely N-dealkylation sites (N-methyl/N-ethyl adjacent to an activating group) is 1. The summed E-state index contributed by atoms with van der Waals surface area (Å²) in [6, 6.07) is 8.22. The molecule has 0 saturated carbocycles. The summed E-state index contributed by atoms with van der Waals surface area (Å²) < 4.78 is 11.6. The van der Waals surface area contributed by atoms with E-state index in [2.05, 4.69) is 32.9 Å². The van der Waals surface area contributed by atoms with Gasteiger partial charge in [0.1, 0.15) is 11.5 Å². The van der Waals surface area contributed by atoms with Gasteiger partial charge in [0.05, 0.1) is 0 Å². The number of benzene rings is 1. The maximum absolute atomic E-state index is 6.01. The average molecular weight is 358 g/mol. The fourth-order valence-electron chi connectivity index (χ4n) is 3.04. The van der Waals surface area contributed by atoms with Crippen LogP contribution in [-0.2, 0) is 4.74 Å². The molecule has 1 aromatic carbocycles. The molecule has 0 unspecified atom stereocenters. The molecule has 0 atom stereocenters. The molecule has 1 aliphatic heterocycles. The third kappa shape index (κ3) is 3.01. The molecule has 1 aliphatic rings. The number of ether oxygens (including phenoxy) is 1. The molecule has 3 nitrogen and oxygen atoms in total. The van der Waals surface area contributed by atoms with Gasteiger partial charge in [0.25, 0.3) is 5.17 Å². The Bertz CT molecular complexity index is 841. The van der Waals surface area contributed by atoms with Crippen molar-refractivity contribution in [2.24, 2.45) is 0 Å². The molecule has 0 amide bonds. The van der Waals surface area contributed by atoms with Crippen LogP contribution in [0.2, 0.25) is 0 Å². The lowest BCUT2D eigenvalue weighted by molar-refractivity contribution is 0.441. The molecule has 2 aromatic rings. The van der Waals surface area contributed by atoms with Crippen LogP contribution in [0.25, 0.3) is 17.4 Å². The minimum absolute atomic E-state index is 0.394. The van der Waals surface area contributed by atoms with E-state index in [1.54, 1.807) is 11.0 Å². The summed E-state index contributed by atoms with van der Waals surface area (Å²) in [7, 11) is 0. The van der Waals surface area contributed by atoms with E-state index in [1.807, 2.05) is 19.1 Å². The zero-order chi connectivity index (χ0) is 17.4. The topological polar surface area (TPSA) is 25.6 Å². The van der Waals surface area contributed by atoms with E-state index in [-0.39, 0.29) is 0 Å². The molecular weight excluding hydrogens is 338 g/mol. The fourth-order valence-corrected chi connectivity index (χ4v) is 3.72. The standard InChI is InChI=1S/C19H19NO2S2/c1-5-20-18(23)16(22-19(20)24)10-14-6-7-15(21-14)17-12(3)8-11(2)9-13(17)4/h6-10H,5H2,1-4H3/b16-10-. The largest absolute Gasteiger partial charge is 0.457 e. The monoisotopic (exact) mass is 357 g/mol. The molecule has 3 rings (SSSR count). The summed E-state index contributed by atoms with van der Waals surface area (Å²) in [5.74, 6) is 2.10. The van der Waals surface area contributed by atoms with Crippen molar-refractivity contribution in [2.45, 2.75) is 27.7 Å². The van der Waals surface area contributed by atoms with Gasteiger partial charge in [-0.3, -0.25) is 4.90 Å². The van der Waals surface area contributed by atoms with E-state index in [4.69, 9.17) is 33.6 Å². The van der Waals surface area contributed by atoms with Crippen LogP contribution in [0.4, 0.5) is 0 Å². The Morgan fingerprint density at radius 2 is 1.75 bits per heavy atom. The van der Waals surface area contributed by atoms with Gasteiger partial charge in [0.15, 0.2) is 10.7 Å². The van der Waals surface area contributed by atoms with Crippen LogP contribution in [0, 0.1) is 20.8 Å². The van der Waals surface area contributed by atoms with E-state index in [0.29, 0.717) is 28.2 Å². The summed E-state index contributed by atoms with van der Waals surface area (Å²) in [6.45, 7) is 8.98. The first-order chi connectivity index (χ1) is 11.4. The Morgan fingerprint density at radius 3 is 2.33 bits per heavy atom. The van der Waals surface area contributed by atoms with E-state index in [1.165, 1.54) is 16.7 Å². The lowest BCUT2D eigenvalue weighted by atomic mass is 9.98. The SMILES string of the molecule is CCN1C(=S)O/C(=C\c2ccc(-c3c(C)cc(C)cc3C)o2)C1=S. The normalized spacial score (nSPS) is 16.2. The quantitative estimate of drug-likeness (QED) is 0.557. The summed E-state index contributed by atoms with van der Waals surface area (Å²) in [5, 5.41) is 0.394. The number of hydrogen-bond acceptors (Lipinski definition) is 4. The summed E-state index contributed by atoms with van der Waals surface area (Å²) in [6.07, 6.45) is 1.80. The predicted molar refractivity (Wildman–Crippen MR) is 105 cm³/mol. The maximum atomic E-state index is 6.01. The van der Waals surface area contributed by atoms with Crippen LogP contribution < -0.4 is 0 Å². The molecule has 1 fully saturated rings. The molecule has 5 heteroatoms. The highest BCUT2D eigenvalue weighted by molar-refractivity contribution is 7.82. The first kappa shape index (κ1) is 16.9. The predicted octanol–water partition coefficient (Wildman–Crippen LogP) is 5.18. The first-order valence-corrected chi connectivity index (χ1v) is 8.65. The summed E-state index contributed by atoms with van der Waals surface area (Å²) in [5.41, 5.74) is 4.78. The Kier molecular flexibility index (Phi) is 4.56. The van der Waals surface area contributed by atoms with E-state index < -0.39 is 0 Å². The van der Waals surface area contributed by atoms with Crippen molar-refractivity contribution in [3.63, 3.8) is 0 Å². The Hall–Kier alpha value is -1.98. The van der Waals surface area contributed by atoms with Crippen LogP contribution >= 0.6 is 24.4 Å². The number of aryl methyl sites for hydroxylation is 3. The van der Waals surface area contributed by atoms with Gasteiger partial charge in [-0.2, -0.15) is 0 Å². The Morgan fingerprint density at radius 1 is 1.08 bits per heavy atom. The minimum Gasteiger partial charge on any atom is -0.457 e. The number of rotatable bonds is 3. The fraction of sp³-hybridized carbons (Fsp3) is 0.263. The second-order valence-corrected chi connectivity index (χ2v) is 6.64. The van der Waals surface area contributed by atoms with Crippen molar-refractivity contribution in [3.05, 3.63) is 52.5 Å². The van der Waals surface area contributed by atoms with Crippen molar-refractivity contribution >= 4 is 40.7 Å². The number of nitrogens with zero attached hydrogens (tertiary/aromatic N) is 1. The molecule has 1 aromatic heterocycles. The smallest absolute Gasteiger partial charge is 0.270 e. The molecule has 0 aliphatic carbocycles. The van der Waals surface area contributed by atoms with Gasteiger partial charge in [-0.05, 0) is 63.2 Å². The zero-order valence-electron chi connectivity index (χ0n) is 14.2. The van der Waals surface area contributed by atoms with Gasteiger partial charge in [-0.25, -0.2) is 0 Å². The summed E-state index contributed by atoms with van der Waals surface area (Å²) in [4.78, 5) is 2.39. The second kappa shape index (κ2) is 6.49. The van der Waals surface area contributed by atoms with Crippen molar-refractivity contribution in [3.8, 4) is 11.3 Å². The van der Waals surface area contributed by atoms with Crippen LogP contribution in [0.5, 0.6) is 0 Å². The van der Waals surface area contributed by atoms with E-state index in [0.717, 1.165) is 11.3 Å². The zero-order valence-corrected chi connectivity index (χ0v) is 15.8. The molecule has 1 saturated heterocycles. The average Bonchev–Trinajstić information content (AvgIpc) is 3.04. The molecular formula is C19H19NO2S2. The van der Waals surface area contributed by atoms with Crippen LogP contribution in [0.3, 0.4) is 0 Å². The third-order valence-electron chi connectivity index (χ3n) is 4.01. The van der Waals surface area contributed by atoms with Gasteiger partial charge in [0, 0.05) is 18.2 Å².